The first-order valence-electron chi connectivity index (χ1n) is 6.75. The van der Waals surface area contributed by atoms with Crippen LogP contribution in [0.2, 0.25) is 0 Å². The fourth-order valence-electron chi connectivity index (χ4n) is 2.37. The summed E-state index contributed by atoms with van der Waals surface area (Å²) in [5.41, 5.74) is 1.23. The van der Waals surface area contributed by atoms with Crippen LogP contribution in [0.25, 0.3) is 0 Å². The molecule has 17 heavy (non-hydrogen) atoms. The van der Waals surface area contributed by atoms with Gasteiger partial charge in [0.2, 0.25) is 0 Å². The second-order valence-corrected chi connectivity index (χ2v) is 5.07. The van der Waals surface area contributed by atoms with Gasteiger partial charge in [-0.2, -0.15) is 0 Å². The van der Waals surface area contributed by atoms with Crippen LogP contribution in [0.15, 0.2) is 30.3 Å². The van der Waals surface area contributed by atoms with Gasteiger partial charge in [-0.25, -0.2) is 0 Å². The monoisotopic (exact) mass is 233 g/mol. The average molecular weight is 233 g/mol. The van der Waals surface area contributed by atoms with E-state index in [0.717, 1.165) is 25.6 Å². The highest BCUT2D eigenvalue weighted by molar-refractivity contribution is 5.15. The average Bonchev–Trinajstić information content (AvgIpc) is 3.13. The van der Waals surface area contributed by atoms with Crippen molar-refractivity contribution in [3.05, 3.63) is 35.9 Å². The van der Waals surface area contributed by atoms with E-state index in [1.54, 1.807) is 0 Å². The van der Waals surface area contributed by atoms with Gasteiger partial charge in [-0.1, -0.05) is 37.3 Å². The largest absolute Gasteiger partial charge is 0.391 e. The minimum Gasteiger partial charge on any atom is -0.391 e. The second-order valence-electron chi connectivity index (χ2n) is 5.07. The van der Waals surface area contributed by atoms with Crippen molar-refractivity contribution in [2.24, 2.45) is 0 Å². The summed E-state index contributed by atoms with van der Waals surface area (Å²) in [6.07, 6.45) is 4.35. The van der Waals surface area contributed by atoms with Crippen molar-refractivity contribution in [3.8, 4) is 0 Å². The molecule has 0 bridgehead atoms. The van der Waals surface area contributed by atoms with E-state index in [9.17, 15) is 5.11 Å². The highest BCUT2D eigenvalue weighted by Crippen LogP contribution is 2.27. The van der Waals surface area contributed by atoms with Crippen molar-refractivity contribution in [1.29, 1.82) is 0 Å². The molecule has 2 nitrogen and oxygen atoms in total. The van der Waals surface area contributed by atoms with E-state index in [0.29, 0.717) is 0 Å². The van der Waals surface area contributed by atoms with Gasteiger partial charge >= 0.3 is 0 Å². The smallest absolute Gasteiger partial charge is 0.0707 e. The molecule has 1 aromatic carbocycles. The van der Waals surface area contributed by atoms with E-state index in [2.05, 4.69) is 24.0 Å². The zero-order valence-electron chi connectivity index (χ0n) is 10.7. The van der Waals surface area contributed by atoms with Gasteiger partial charge < -0.3 is 5.11 Å². The van der Waals surface area contributed by atoms with Crippen LogP contribution in [0.5, 0.6) is 0 Å². The third-order valence-electron chi connectivity index (χ3n) is 3.33. The molecule has 2 rings (SSSR count). The Labute approximate surface area is 104 Å². The standard InChI is InChI=1S/C15H23NO/c1-2-10-16(14-8-9-14)12-15(17)11-13-6-4-3-5-7-13/h3-7,14-15,17H,2,8-12H2,1H3. The molecule has 1 fully saturated rings. The molecule has 0 aromatic heterocycles. The number of aliphatic hydroxyl groups is 1. The van der Waals surface area contributed by atoms with E-state index in [-0.39, 0.29) is 6.10 Å². The Morgan fingerprint density at radius 1 is 1.29 bits per heavy atom. The molecule has 1 N–H and O–H groups in total. The molecule has 1 atom stereocenters. The predicted octanol–water partition coefficient (Wildman–Crippen LogP) is 2.46. The van der Waals surface area contributed by atoms with Crippen LogP contribution in [-0.2, 0) is 6.42 Å². The van der Waals surface area contributed by atoms with E-state index < -0.39 is 0 Å². The van der Waals surface area contributed by atoms with Gasteiger partial charge in [0.15, 0.2) is 0 Å². The zero-order chi connectivity index (χ0) is 12.1. The van der Waals surface area contributed by atoms with Crippen molar-refractivity contribution in [3.63, 3.8) is 0 Å². The molecule has 1 aliphatic carbocycles. The van der Waals surface area contributed by atoms with Crippen molar-refractivity contribution >= 4 is 0 Å². The second kappa shape index (κ2) is 6.18. The van der Waals surface area contributed by atoms with Crippen LogP contribution in [0.1, 0.15) is 31.7 Å². The fraction of sp³-hybridized carbons (Fsp3) is 0.600. The third-order valence-corrected chi connectivity index (χ3v) is 3.33. The molecule has 0 saturated heterocycles. The number of benzene rings is 1. The van der Waals surface area contributed by atoms with Crippen LogP contribution in [-0.4, -0.2) is 35.2 Å². The van der Waals surface area contributed by atoms with Crippen molar-refractivity contribution in [2.45, 2.75) is 44.8 Å². The lowest BCUT2D eigenvalue weighted by molar-refractivity contribution is 0.108. The lowest BCUT2D eigenvalue weighted by Crippen LogP contribution is -2.35. The van der Waals surface area contributed by atoms with Crippen LogP contribution >= 0.6 is 0 Å². The van der Waals surface area contributed by atoms with Gasteiger partial charge in [0, 0.05) is 12.6 Å². The van der Waals surface area contributed by atoms with Gasteiger partial charge in [-0.05, 0) is 37.8 Å². The summed E-state index contributed by atoms with van der Waals surface area (Å²) in [5, 5.41) is 10.1. The Balaban J connectivity index is 1.81. The Bertz CT molecular complexity index is 321. The zero-order valence-corrected chi connectivity index (χ0v) is 10.7. The van der Waals surface area contributed by atoms with Gasteiger partial charge in [-0.3, -0.25) is 4.90 Å². The Hall–Kier alpha value is -0.860. The molecule has 0 spiro atoms. The number of nitrogens with zero attached hydrogens (tertiary/aromatic N) is 1. The van der Waals surface area contributed by atoms with Crippen LogP contribution in [0, 0.1) is 0 Å². The summed E-state index contributed by atoms with van der Waals surface area (Å²) in [5.74, 6) is 0. The maximum Gasteiger partial charge on any atom is 0.0707 e. The minimum absolute atomic E-state index is 0.232. The van der Waals surface area contributed by atoms with E-state index in [4.69, 9.17) is 0 Å². The summed E-state index contributed by atoms with van der Waals surface area (Å²) in [4.78, 5) is 2.45. The lowest BCUT2D eigenvalue weighted by atomic mass is 10.1. The summed E-state index contributed by atoms with van der Waals surface area (Å²) in [7, 11) is 0. The normalized spacial score (nSPS) is 17.4. The van der Waals surface area contributed by atoms with E-state index >= 15 is 0 Å². The molecular weight excluding hydrogens is 210 g/mol. The fourth-order valence-corrected chi connectivity index (χ4v) is 2.37. The predicted molar refractivity (Wildman–Crippen MR) is 71.0 cm³/mol. The molecule has 1 aromatic rings. The maximum atomic E-state index is 10.1. The quantitative estimate of drug-likeness (QED) is 0.782. The summed E-state index contributed by atoms with van der Waals surface area (Å²) in [6.45, 7) is 4.16. The summed E-state index contributed by atoms with van der Waals surface area (Å²) >= 11 is 0. The van der Waals surface area contributed by atoms with Crippen molar-refractivity contribution in [2.75, 3.05) is 13.1 Å². The van der Waals surface area contributed by atoms with Gasteiger partial charge in [0.25, 0.3) is 0 Å². The van der Waals surface area contributed by atoms with E-state index in [1.165, 1.54) is 24.8 Å². The first kappa shape index (κ1) is 12.6. The molecule has 1 unspecified atom stereocenters. The van der Waals surface area contributed by atoms with Gasteiger partial charge in [0.05, 0.1) is 6.10 Å². The molecule has 94 valence electrons. The lowest BCUT2D eigenvalue weighted by Gasteiger charge is -2.24. The molecule has 0 radical (unpaired) electrons. The minimum atomic E-state index is -0.232. The summed E-state index contributed by atoms with van der Waals surface area (Å²) in [6, 6.07) is 11.0. The van der Waals surface area contributed by atoms with Crippen molar-refractivity contribution < 1.29 is 5.11 Å². The Kier molecular flexibility index (Phi) is 4.57. The van der Waals surface area contributed by atoms with Gasteiger partial charge in [-0.15, -0.1) is 0 Å². The van der Waals surface area contributed by atoms with Crippen LogP contribution in [0.4, 0.5) is 0 Å². The van der Waals surface area contributed by atoms with Gasteiger partial charge in [0.1, 0.15) is 0 Å². The number of rotatable bonds is 7. The maximum absolute atomic E-state index is 10.1. The molecule has 0 aliphatic heterocycles. The molecule has 0 amide bonds. The highest BCUT2D eigenvalue weighted by Gasteiger charge is 2.29. The number of hydrogen-bond donors (Lipinski definition) is 1. The Morgan fingerprint density at radius 2 is 2.00 bits per heavy atom. The number of hydrogen-bond acceptors (Lipinski definition) is 2. The Morgan fingerprint density at radius 3 is 2.59 bits per heavy atom. The summed E-state index contributed by atoms with van der Waals surface area (Å²) < 4.78 is 0. The topological polar surface area (TPSA) is 23.5 Å². The third kappa shape index (κ3) is 4.14. The van der Waals surface area contributed by atoms with Crippen LogP contribution < -0.4 is 0 Å². The highest BCUT2D eigenvalue weighted by atomic mass is 16.3. The SMILES string of the molecule is CCCN(CC(O)Cc1ccccc1)C1CC1. The molecule has 1 aliphatic rings. The molecule has 2 heteroatoms. The van der Waals surface area contributed by atoms with E-state index in [1.807, 2.05) is 18.2 Å². The first-order chi connectivity index (χ1) is 8.29. The van der Waals surface area contributed by atoms with Crippen LogP contribution in [0.3, 0.4) is 0 Å². The first-order valence-corrected chi connectivity index (χ1v) is 6.75. The number of aliphatic hydroxyl groups excluding tert-OH is 1. The molecular formula is C15H23NO. The van der Waals surface area contributed by atoms with Crippen molar-refractivity contribution in [1.82, 2.24) is 4.90 Å². The molecule has 1 saturated carbocycles. The molecule has 0 heterocycles.